The number of likely N-dealkylation sites (tertiary alicyclic amines) is 1. The van der Waals surface area contributed by atoms with Crippen LogP contribution in [0.4, 0.5) is 0 Å². The summed E-state index contributed by atoms with van der Waals surface area (Å²) in [7, 11) is -1.98. The number of piperidine rings is 1. The minimum absolute atomic E-state index is 0.0879. The van der Waals surface area contributed by atoms with Gasteiger partial charge in [0.1, 0.15) is 0 Å². The lowest BCUT2D eigenvalue weighted by atomic mass is 9.78. The Kier molecular flexibility index (Phi) is 5.97. The molecule has 1 heterocycles. The molecule has 0 unspecified atom stereocenters. The van der Waals surface area contributed by atoms with Gasteiger partial charge >= 0.3 is 0 Å². The van der Waals surface area contributed by atoms with E-state index in [0.29, 0.717) is 0 Å². The molecule has 1 aliphatic heterocycles. The monoisotopic (exact) mass is 338 g/mol. The summed E-state index contributed by atoms with van der Waals surface area (Å²) in [6.45, 7) is 6.58. The first-order valence-electron chi connectivity index (χ1n) is 7.91. The summed E-state index contributed by atoms with van der Waals surface area (Å²) in [5, 5.41) is 9.76. The van der Waals surface area contributed by atoms with E-state index in [9.17, 15) is 13.5 Å². The van der Waals surface area contributed by atoms with Crippen LogP contribution in [-0.4, -0.2) is 45.2 Å². The molecule has 5 nitrogen and oxygen atoms in total. The molecular formula is C17H26N2O3S. The molecule has 2 rings (SSSR count). The fourth-order valence-corrected chi connectivity index (χ4v) is 3.99. The van der Waals surface area contributed by atoms with Gasteiger partial charge in [0.2, 0.25) is 10.0 Å². The highest BCUT2D eigenvalue weighted by molar-refractivity contribution is 7.89. The maximum Gasteiger partial charge on any atom is 0.240 e. The van der Waals surface area contributed by atoms with Crippen molar-refractivity contribution >= 4 is 10.0 Å². The van der Waals surface area contributed by atoms with E-state index in [-0.39, 0.29) is 16.9 Å². The number of nitrogens with zero attached hydrogens (tertiary/aromatic N) is 1. The van der Waals surface area contributed by atoms with Gasteiger partial charge in [0.25, 0.3) is 0 Å². The minimum atomic E-state index is -3.39. The molecule has 0 radical (unpaired) electrons. The van der Waals surface area contributed by atoms with Crippen molar-refractivity contribution in [1.82, 2.24) is 9.62 Å². The van der Waals surface area contributed by atoms with E-state index < -0.39 is 10.0 Å². The predicted molar refractivity (Wildman–Crippen MR) is 91.5 cm³/mol. The highest BCUT2D eigenvalue weighted by Crippen LogP contribution is 2.34. The molecule has 2 N–H and O–H groups in total. The maximum absolute atomic E-state index is 11.7. The Morgan fingerprint density at radius 1 is 1.39 bits per heavy atom. The van der Waals surface area contributed by atoms with Gasteiger partial charge in [-0.05, 0) is 50.6 Å². The molecule has 23 heavy (non-hydrogen) atoms. The second-order valence-corrected chi connectivity index (χ2v) is 8.20. The van der Waals surface area contributed by atoms with Gasteiger partial charge in [-0.1, -0.05) is 18.2 Å². The fraction of sp³-hybridized carbons (Fsp3) is 0.529. The van der Waals surface area contributed by atoms with Gasteiger partial charge in [-0.15, -0.1) is 6.58 Å². The molecule has 0 aromatic heterocycles. The van der Waals surface area contributed by atoms with Crippen LogP contribution >= 0.6 is 0 Å². The van der Waals surface area contributed by atoms with Gasteiger partial charge < -0.3 is 5.11 Å². The Hall–Kier alpha value is -1.21. The molecule has 0 spiro atoms. The van der Waals surface area contributed by atoms with E-state index in [0.717, 1.165) is 44.5 Å². The molecule has 1 fully saturated rings. The van der Waals surface area contributed by atoms with Crippen molar-refractivity contribution in [2.75, 3.05) is 26.7 Å². The molecule has 0 saturated carbocycles. The first-order valence-corrected chi connectivity index (χ1v) is 9.40. The van der Waals surface area contributed by atoms with Crippen LogP contribution in [0.1, 0.15) is 24.8 Å². The molecule has 6 heteroatoms. The van der Waals surface area contributed by atoms with Crippen LogP contribution < -0.4 is 4.72 Å². The van der Waals surface area contributed by atoms with E-state index in [4.69, 9.17) is 0 Å². The van der Waals surface area contributed by atoms with E-state index in [1.165, 1.54) is 7.05 Å². The highest BCUT2D eigenvalue weighted by atomic mass is 32.2. The Balaban J connectivity index is 2.06. The van der Waals surface area contributed by atoms with Crippen molar-refractivity contribution in [3.63, 3.8) is 0 Å². The summed E-state index contributed by atoms with van der Waals surface area (Å²) < 4.78 is 25.8. The number of allylic oxidation sites excluding steroid dienone is 1. The van der Waals surface area contributed by atoms with Gasteiger partial charge in [-0.2, -0.15) is 0 Å². The predicted octanol–water partition coefficient (Wildman–Crippen LogP) is 1.75. The second-order valence-electron chi connectivity index (χ2n) is 6.32. The number of nitrogens with one attached hydrogen (secondary N) is 1. The molecule has 128 valence electrons. The van der Waals surface area contributed by atoms with Crippen molar-refractivity contribution < 1.29 is 13.5 Å². The molecule has 0 aliphatic carbocycles. The normalized spacial score (nSPS) is 22.9. The van der Waals surface area contributed by atoms with Crippen LogP contribution in [0.3, 0.4) is 0 Å². The van der Waals surface area contributed by atoms with Crippen molar-refractivity contribution in [2.45, 2.75) is 30.7 Å². The summed E-state index contributed by atoms with van der Waals surface area (Å²) in [6, 6.07) is 6.97. The van der Waals surface area contributed by atoms with Gasteiger partial charge in [-0.3, -0.25) is 4.90 Å². The van der Waals surface area contributed by atoms with Gasteiger partial charge in [0, 0.05) is 18.5 Å². The number of aliphatic hydroxyl groups excluding tert-OH is 1. The quantitative estimate of drug-likeness (QED) is 0.743. The van der Waals surface area contributed by atoms with E-state index in [1.807, 2.05) is 18.2 Å². The van der Waals surface area contributed by atoms with E-state index in [1.54, 1.807) is 12.1 Å². The molecule has 1 aliphatic rings. The van der Waals surface area contributed by atoms with E-state index in [2.05, 4.69) is 16.2 Å². The van der Waals surface area contributed by atoms with E-state index >= 15 is 0 Å². The lowest BCUT2D eigenvalue weighted by Crippen LogP contribution is -2.44. The summed E-state index contributed by atoms with van der Waals surface area (Å²) in [4.78, 5) is 2.60. The number of benzene rings is 1. The van der Waals surface area contributed by atoms with Gasteiger partial charge in [0.15, 0.2) is 0 Å². The molecule has 1 aromatic carbocycles. The summed E-state index contributed by atoms with van der Waals surface area (Å²) in [5.74, 6) is 0. The largest absolute Gasteiger partial charge is 0.396 e. The molecule has 1 atom stereocenters. The number of hydrogen-bond donors (Lipinski definition) is 2. The minimum Gasteiger partial charge on any atom is -0.396 e. The Labute approximate surface area is 139 Å². The molecule has 0 bridgehead atoms. The summed E-state index contributed by atoms with van der Waals surface area (Å²) in [5.41, 5.74) is 0.988. The molecule has 1 aromatic rings. The first kappa shape index (κ1) is 18.1. The number of rotatable bonds is 7. The lowest BCUT2D eigenvalue weighted by Gasteiger charge is -2.41. The van der Waals surface area contributed by atoms with Crippen LogP contribution in [0.5, 0.6) is 0 Å². The maximum atomic E-state index is 11.7. The van der Waals surface area contributed by atoms with Crippen molar-refractivity contribution in [2.24, 2.45) is 5.41 Å². The molecule has 1 saturated heterocycles. The van der Waals surface area contributed by atoms with Crippen LogP contribution in [-0.2, 0) is 16.6 Å². The third-order valence-corrected chi connectivity index (χ3v) is 5.99. The third kappa shape index (κ3) is 4.41. The number of hydrogen-bond acceptors (Lipinski definition) is 4. The standard InChI is InChI=1S/C17H26N2O3S/c1-3-9-17(14-20)10-4-11-19(13-17)12-15-5-7-16(8-6-15)23(21,22)18-2/h3,5-8,18,20H,1,4,9-14H2,2H3/t17-/m1/s1. The Bertz CT molecular complexity index is 628. The van der Waals surface area contributed by atoms with Crippen LogP contribution in [0.25, 0.3) is 0 Å². The average molecular weight is 338 g/mol. The lowest BCUT2D eigenvalue weighted by molar-refractivity contribution is 0.0309. The zero-order valence-electron chi connectivity index (χ0n) is 13.7. The Morgan fingerprint density at radius 2 is 2.09 bits per heavy atom. The average Bonchev–Trinajstić information content (AvgIpc) is 2.56. The number of sulfonamides is 1. The SMILES string of the molecule is C=CC[C@@]1(CO)CCCN(Cc2ccc(S(=O)(=O)NC)cc2)C1. The van der Waals surface area contributed by atoms with Crippen molar-refractivity contribution in [3.8, 4) is 0 Å². The topological polar surface area (TPSA) is 69.6 Å². The van der Waals surface area contributed by atoms with Gasteiger partial charge in [-0.25, -0.2) is 13.1 Å². The van der Waals surface area contributed by atoms with Crippen LogP contribution in [0, 0.1) is 5.41 Å². The highest BCUT2D eigenvalue weighted by Gasteiger charge is 2.33. The first-order chi connectivity index (χ1) is 10.9. The Morgan fingerprint density at radius 3 is 2.65 bits per heavy atom. The number of aliphatic hydroxyl groups is 1. The summed E-state index contributed by atoms with van der Waals surface area (Å²) in [6.07, 6.45) is 4.78. The van der Waals surface area contributed by atoms with Crippen LogP contribution in [0.2, 0.25) is 0 Å². The zero-order chi connectivity index (χ0) is 16.9. The summed E-state index contributed by atoms with van der Waals surface area (Å²) >= 11 is 0. The molecule has 0 amide bonds. The van der Waals surface area contributed by atoms with Crippen molar-refractivity contribution in [1.29, 1.82) is 0 Å². The van der Waals surface area contributed by atoms with Crippen molar-refractivity contribution in [3.05, 3.63) is 42.5 Å². The zero-order valence-corrected chi connectivity index (χ0v) is 14.5. The van der Waals surface area contributed by atoms with Gasteiger partial charge in [0.05, 0.1) is 11.5 Å². The second kappa shape index (κ2) is 7.57. The fourth-order valence-electron chi connectivity index (χ4n) is 3.26. The van der Waals surface area contributed by atoms with Crippen LogP contribution in [0.15, 0.2) is 41.8 Å². The third-order valence-electron chi connectivity index (χ3n) is 4.56. The smallest absolute Gasteiger partial charge is 0.240 e. The molecular weight excluding hydrogens is 312 g/mol.